The van der Waals surface area contributed by atoms with Crippen molar-refractivity contribution in [3.63, 3.8) is 0 Å². The van der Waals surface area contributed by atoms with Gasteiger partial charge in [0.05, 0.1) is 11.1 Å². The van der Waals surface area contributed by atoms with Gasteiger partial charge in [-0.25, -0.2) is 0 Å². The third-order valence-electron chi connectivity index (χ3n) is 2.17. The maximum atomic E-state index is 11.3. The van der Waals surface area contributed by atoms with Crippen LogP contribution in [0.3, 0.4) is 0 Å². The number of carbonyl (C=O) groups excluding carboxylic acids is 2. The number of aromatic amines is 1. The molecule has 0 atom stereocenters. The predicted molar refractivity (Wildman–Crippen MR) is 51.4 cm³/mol. The van der Waals surface area contributed by atoms with Gasteiger partial charge in [-0.15, -0.1) is 0 Å². The number of rotatable bonds is 0. The molecule has 72 valence electrons. The molecule has 0 saturated carbocycles. The average Bonchev–Trinajstić information content (AvgIpc) is 2.70. The van der Waals surface area contributed by atoms with Gasteiger partial charge in [-0.3, -0.25) is 14.9 Å². The zero-order valence-corrected chi connectivity index (χ0v) is 10.2. The monoisotopic (exact) mass is 308 g/mol. The van der Waals surface area contributed by atoms with Crippen LogP contribution in [0.1, 0.15) is 20.7 Å². The fourth-order valence-electron chi connectivity index (χ4n) is 1.50. The smallest absolute Gasteiger partial charge is 0.259 e. The summed E-state index contributed by atoms with van der Waals surface area (Å²) in [7, 11) is 0. The molecule has 2 aromatic rings. The number of imide groups is 1. The Morgan fingerprint density at radius 2 is 1.40 bits per heavy atom. The Morgan fingerprint density at radius 1 is 0.933 bits per heavy atom. The first kappa shape index (κ1) is 10.1. The van der Waals surface area contributed by atoms with Crippen LogP contribution in [0.25, 0.3) is 11.0 Å². The summed E-state index contributed by atoms with van der Waals surface area (Å²) < 4.78 is 0. The molecule has 1 aromatic heterocycles. The number of aromatic nitrogens is 3. The van der Waals surface area contributed by atoms with E-state index >= 15 is 0 Å². The summed E-state index contributed by atoms with van der Waals surface area (Å²) in [5.74, 6) is -0.759. The van der Waals surface area contributed by atoms with Crippen molar-refractivity contribution >= 4 is 46.8 Å². The van der Waals surface area contributed by atoms with Gasteiger partial charge < -0.3 is 0 Å². The summed E-state index contributed by atoms with van der Waals surface area (Å²) in [6, 6.07) is 3.10. The van der Waals surface area contributed by atoms with Crippen molar-refractivity contribution in [2.45, 2.75) is 0 Å². The number of H-pyrrole nitrogens is 1. The number of hydrogen-bond donors (Lipinski definition) is 2. The van der Waals surface area contributed by atoms with Crippen LogP contribution in [0.5, 0.6) is 0 Å². The normalized spacial score (nSPS) is 13.6. The van der Waals surface area contributed by atoms with Gasteiger partial charge in [0.25, 0.3) is 11.8 Å². The van der Waals surface area contributed by atoms with Crippen molar-refractivity contribution < 1.29 is 9.59 Å². The van der Waals surface area contributed by atoms with Crippen molar-refractivity contribution in [1.82, 2.24) is 20.7 Å². The molecular formula is C8H4N4O2Sn. The van der Waals surface area contributed by atoms with Gasteiger partial charge in [-0.05, 0) is 12.1 Å². The standard InChI is InChI=1S/C8H4N4O2.Sn/c13-7-3-1-5-6(11-12-10-5)2-4(3)8(14)9-7;/h1-2H,(H,9,13,14)(H,10,11,12);. The van der Waals surface area contributed by atoms with E-state index in [0.29, 0.717) is 22.2 Å². The molecular weight excluding hydrogens is 303 g/mol. The van der Waals surface area contributed by atoms with Crippen LogP contribution in [-0.4, -0.2) is 51.1 Å². The predicted octanol–water partition coefficient (Wildman–Crippen LogP) is -0.539. The summed E-state index contributed by atoms with van der Waals surface area (Å²) in [6.07, 6.45) is 0. The number of amides is 2. The Kier molecular flexibility index (Phi) is 2.22. The average molecular weight is 307 g/mol. The molecule has 7 heteroatoms. The van der Waals surface area contributed by atoms with E-state index in [2.05, 4.69) is 20.7 Å². The van der Waals surface area contributed by atoms with Crippen molar-refractivity contribution in [2.75, 3.05) is 0 Å². The van der Waals surface area contributed by atoms with Crippen LogP contribution in [0, 0.1) is 0 Å². The largest absolute Gasteiger partial charge is 0.288 e. The minimum absolute atomic E-state index is 0. The number of nitrogens with one attached hydrogen (secondary N) is 2. The van der Waals surface area contributed by atoms with Crippen molar-refractivity contribution in [2.24, 2.45) is 0 Å². The topological polar surface area (TPSA) is 87.7 Å². The molecule has 15 heavy (non-hydrogen) atoms. The molecule has 1 aliphatic rings. The molecule has 2 N–H and O–H groups in total. The first-order valence-corrected chi connectivity index (χ1v) is 3.96. The van der Waals surface area contributed by atoms with E-state index in [1.165, 1.54) is 0 Å². The first-order chi connectivity index (χ1) is 6.75. The minimum atomic E-state index is -0.380. The summed E-state index contributed by atoms with van der Waals surface area (Å²) in [4.78, 5) is 22.5. The van der Waals surface area contributed by atoms with E-state index in [4.69, 9.17) is 0 Å². The maximum Gasteiger partial charge on any atom is 0.259 e. The van der Waals surface area contributed by atoms with Crippen molar-refractivity contribution in [3.05, 3.63) is 23.3 Å². The Hall–Kier alpha value is -1.44. The van der Waals surface area contributed by atoms with Crippen molar-refractivity contribution in [1.29, 1.82) is 0 Å². The van der Waals surface area contributed by atoms with Crippen molar-refractivity contribution in [3.8, 4) is 0 Å². The third kappa shape index (κ3) is 1.32. The third-order valence-corrected chi connectivity index (χ3v) is 2.17. The molecule has 0 spiro atoms. The second-order valence-electron chi connectivity index (χ2n) is 2.99. The number of nitrogens with zero attached hydrogens (tertiary/aromatic N) is 2. The fourth-order valence-corrected chi connectivity index (χ4v) is 1.50. The van der Waals surface area contributed by atoms with Gasteiger partial charge in [0.1, 0.15) is 11.0 Å². The molecule has 0 bridgehead atoms. The molecule has 1 aliphatic heterocycles. The summed E-state index contributed by atoms with van der Waals surface area (Å²) >= 11 is 0. The van der Waals surface area contributed by atoms with Crippen LogP contribution in [0.2, 0.25) is 0 Å². The number of fused-ring (bicyclic) bond motifs is 2. The number of hydrogen-bond acceptors (Lipinski definition) is 4. The van der Waals surface area contributed by atoms with Gasteiger partial charge >= 0.3 is 0 Å². The first-order valence-electron chi connectivity index (χ1n) is 3.96. The molecule has 6 nitrogen and oxygen atoms in total. The van der Waals surface area contributed by atoms with E-state index in [-0.39, 0.29) is 35.7 Å². The molecule has 0 fully saturated rings. The second kappa shape index (κ2) is 3.30. The number of benzene rings is 1. The zero-order chi connectivity index (χ0) is 9.71. The fraction of sp³-hybridized carbons (Fsp3) is 0. The second-order valence-corrected chi connectivity index (χ2v) is 2.99. The Labute approximate surface area is 100 Å². The van der Waals surface area contributed by atoms with Crippen LogP contribution in [0.4, 0.5) is 0 Å². The van der Waals surface area contributed by atoms with Gasteiger partial charge in [-0.1, -0.05) is 0 Å². The van der Waals surface area contributed by atoms with E-state index in [1.807, 2.05) is 0 Å². The van der Waals surface area contributed by atoms with Crippen LogP contribution < -0.4 is 5.32 Å². The molecule has 0 saturated heterocycles. The van der Waals surface area contributed by atoms with E-state index in [9.17, 15) is 9.59 Å². The van der Waals surface area contributed by atoms with Crippen LogP contribution in [-0.2, 0) is 0 Å². The molecule has 4 radical (unpaired) electrons. The quantitative estimate of drug-likeness (QED) is 0.505. The molecule has 0 unspecified atom stereocenters. The maximum absolute atomic E-state index is 11.3. The number of carbonyl (C=O) groups is 2. The Balaban J connectivity index is 0.000000853. The van der Waals surface area contributed by atoms with Crippen LogP contribution >= 0.6 is 0 Å². The molecule has 2 amide bonds. The van der Waals surface area contributed by atoms with Gasteiger partial charge in [0.15, 0.2) is 0 Å². The molecule has 1 aromatic carbocycles. The van der Waals surface area contributed by atoms with E-state index in [1.54, 1.807) is 12.1 Å². The summed E-state index contributed by atoms with van der Waals surface area (Å²) in [6.45, 7) is 0. The van der Waals surface area contributed by atoms with Gasteiger partial charge in [-0.2, -0.15) is 15.4 Å². The van der Waals surface area contributed by atoms with Gasteiger partial charge in [0.2, 0.25) is 0 Å². The van der Waals surface area contributed by atoms with Crippen LogP contribution in [0.15, 0.2) is 12.1 Å². The molecule has 2 heterocycles. The SMILES string of the molecule is O=C1NC(=O)c2cc3n[nH]nc3cc21.[Sn]. The van der Waals surface area contributed by atoms with E-state index < -0.39 is 0 Å². The minimum Gasteiger partial charge on any atom is -0.288 e. The molecule has 3 rings (SSSR count). The zero-order valence-electron chi connectivity index (χ0n) is 7.37. The molecule has 0 aliphatic carbocycles. The van der Waals surface area contributed by atoms with E-state index in [0.717, 1.165) is 0 Å². The Bertz CT molecular complexity index is 529. The van der Waals surface area contributed by atoms with Gasteiger partial charge in [0, 0.05) is 23.9 Å². The Morgan fingerprint density at radius 3 is 1.87 bits per heavy atom. The summed E-state index contributed by atoms with van der Waals surface area (Å²) in [5, 5.41) is 12.3. The summed E-state index contributed by atoms with van der Waals surface area (Å²) in [5.41, 5.74) is 1.87.